The minimum absolute atomic E-state index is 0.627. The lowest BCUT2D eigenvalue weighted by Crippen LogP contribution is -2.43. The average Bonchev–Trinajstić information content (AvgIpc) is 2.33. The van der Waals surface area contributed by atoms with Crippen LogP contribution < -0.4 is 11.1 Å². The summed E-state index contributed by atoms with van der Waals surface area (Å²) >= 11 is 0. The van der Waals surface area contributed by atoms with Crippen molar-refractivity contribution >= 4 is 0 Å². The van der Waals surface area contributed by atoms with Crippen molar-refractivity contribution in [2.24, 2.45) is 17.6 Å². The fourth-order valence-corrected chi connectivity index (χ4v) is 2.50. The van der Waals surface area contributed by atoms with Crippen molar-refractivity contribution in [2.75, 3.05) is 26.3 Å². The van der Waals surface area contributed by atoms with Gasteiger partial charge in [0.05, 0.1) is 6.61 Å². The fraction of sp³-hybridized carbons (Fsp3) is 1.00. The molecule has 1 rings (SSSR count). The van der Waals surface area contributed by atoms with Crippen LogP contribution in [-0.4, -0.2) is 32.3 Å². The zero-order valence-corrected chi connectivity index (χ0v) is 11.6. The molecule has 0 amide bonds. The second-order valence-electron chi connectivity index (χ2n) is 5.64. The maximum absolute atomic E-state index is 5.81. The van der Waals surface area contributed by atoms with E-state index in [0.717, 1.165) is 38.6 Å². The normalized spacial score (nSPS) is 25.4. The van der Waals surface area contributed by atoms with Gasteiger partial charge in [-0.15, -0.1) is 0 Å². The van der Waals surface area contributed by atoms with E-state index < -0.39 is 0 Å². The molecule has 3 heteroatoms. The lowest BCUT2D eigenvalue weighted by Gasteiger charge is -2.31. The molecule has 0 radical (unpaired) electrons. The highest BCUT2D eigenvalue weighted by Crippen LogP contribution is 2.23. The third-order valence-corrected chi connectivity index (χ3v) is 3.70. The van der Waals surface area contributed by atoms with Gasteiger partial charge in [0.15, 0.2) is 0 Å². The largest absolute Gasteiger partial charge is 0.380 e. The first-order chi connectivity index (χ1) is 8.24. The first kappa shape index (κ1) is 14.9. The first-order valence-corrected chi connectivity index (χ1v) is 7.25. The molecule has 1 aliphatic carbocycles. The summed E-state index contributed by atoms with van der Waals surface area (Å²) in [5, 5.41) is 3.61. The third-order valence-electron chi connectivity index (χ3n) is 3.70. The summed E-state index contributed by atoms with van der Waals surface area (Å²) < 4.78 is 5.61. The molecule has 2 atom stereocenters. The van der Waals surface area contributed by atoms with Crippen LogP contribution in [0.2, 0.25) is 0 Å². The number of nitrogens with two attached hydrogens (primary N) is 1. The van der Waals surface area contributed by atoms with Crippen molar-refractivity contribution < 1.29 is 4.74 Å². The van der Waals surface area contributed by atoms with Crippen molar-refractivity contribution in [2.45, 2.75) is 52.0 Å². The number of nitrogens with one attached hydrogen (secondary N) is 1. The van der Waals surface area contributed by atoms with Crippen molar-refractivity contribution in [3.8, 4) is 0 Å². The summed E-state index contributed by atoms with van der Waals surface area (Å²) in [6.45, 7) is 7.99. The summed E-state index contributed by atoms with van der Waals surface area (Å²) in [5.41, 5.74) is 5.81. The molecule has 3 nitrogen and oxygen atoms in total. The van der Waals surface area contributed by atoms with E-state index in [2.05, 4.69) is 19.2 Å². The molecule has 0 bridgehead atoms. The van der Waals surface area contributed by atoms with E-state index in [4.69, 9.17) is 10.5 Å². The second-order valence-corrected chi connectivity index (χ2v) is 5.64. The van der Waals surface area contributed by atoms with Crippen LogP contribution in [0.3, 0.4) is 0 Å². The number of hydrogen-bond donors (Lipinski definition) is 2. The highest BCUT2D eigenvalue weighted by molar-refractivity contribution is 4.81. The monoisotopic (exact) mass is 242 g/mol. The Labute approximate surface area is 106 Å². The van der Waals surface area contributed by atoms with Crippen LogP contribution in [-0.2, 0) is 4.74 Å². The molecule has 3 N–H and O–H groups in total. The van der Waals surface area contributed by atoms with Gasteiger partial charge in [-0.05, 0) is 37.6 Å². The van der Waals surface area contributed by atoms with Gasteiger partial charge in [0.25, 0.3) is 0 Å². The van der Waals surface area contributed by atoms with E-state index in [1.165, 1.54) is 25.7 Å². The van der Waals surface area contributed by atoms with Gasteiger partial charge in [-0.2, -0.15) is 0 Å². The SMILES string of the molecule is CC(C)CCOCCNC1CCCCC1CN. The molecule has 0 saturated heterocycles. The maximum Gasteiger partial charge on any atom is 0.0591 e. The van der Waals surface area contributed by atoms with Crippen LogP contribution in [0.5, 0.6) is 0 Å². The van der Waals surface area contributed by atoms with Crippen molar-refractivity contribution in [3.05, 3.63) is 0 Å². The van der Waals surface area contributed by atoms with Crippen molar-refractivity contribution in [3.63, 3.8) is 0 Å². The molecule has 1 aliphatic rings. The van der Waals surface area contributed by atoms with Gasteiger partial charge in [-0.3, -0.25) is 0 Å². The van der Waals surface area contributed by atoms with Gasteiger partial charge in [0.2, 0.25) is 0 Å². The Kier molecular flexibility index (Phi) is 7.82. The molecule has 1 fully saturated rings. The Morgan fingerprint density at radius 1 is 1.24 bits per heavy atom. The highest BCUT2D eigenvalue weighted by Gasteiger charge is 2.22. The van der Waals surface area contributed by atoms with E-state index in [1.807, 2.05) is 0 Å². The summed E-state index contributed by atoms with van der Waals surface area (Å²) in [4.78, 5) is 0. The number of hydrogen-bond acceptors (Lipinski definition) is 3. The zero-order valence-electron chi connectivity index (χ0n) is 11.6. The molecule has 102 valence electrons. The average molecular weight is 242 g/mol. The fourth-order valence-electron chi connectivity index (χ4n) is 2.50. The van der Waals surface area contributed by atoms with Crippen molar-refractivity contribution in [1.82, 2.24) is 5.32 Å². The Morgan fingerprint density at radius 2 is 2.00 bits per heavy atom. The predicted molar refractivity (Wildman–Crippen MR) is 73.1 cm³/mol. The summed E-state index contributed by atoms with van der Waals surface area (Å²) in [6, 6.07) is 0.627. The van der Waals surface area contributed by atoms with Gasteiger partial charge in [0.1, 0.15) is 0 Å². The van der Waals surface area contributed by atoms with Crippen LogP contribution in [0.15, 0.2) is 0 Å². The first-order valence-electron chi connectivity index (χ1n) is 7.25. The summed E-state index contributed by atoms with van der Waals surface area (Å²) in [7, 11) is 0. The van der Waals surface area contributed by atoms with Crippen molar-refractivity contribution in [1.29, 1.82) is 0 Å². The van der Waals surface area contributed by atoms with Crippen LogP contribution in [0.25, 0.3) is 0 Å². The lowest BCUT2D eigenvalue weighted by atomic mass is 9.84. The lowest BCUT2D eigenvalue weighted by molar-refractivity contribution is 0.119. The molecule has 2 unspecified atom stereocenters. The Balaban J connectivity index is 2.01. The molecule has 1 saturated carbocycles. The Bertz CT molecular complexity index is 185. The standard InChI is InChI=1S/C14H30N2O/c1-12(2)7-9-17-10-8-16-14-6-4-3-5-13(14)11-15/h12-14,16H,3-11,15H2,1-2H3. The molecule has 0 heterocycles. The van der Waals surface area contributed by atoms with E-state index in [0.29, 0.717) is 12.0 Å². The molecule has 0 aromatic rings. The molecule has 0 spiro atoms. The highest BCUT2D eigenvalue weighted by atomic mass is 16.5. The van der Waals surface area contributed by atoms with E-state index >= 15 is 0 Å². The third kappa shape index (κ3) is 6.39. The number of rotatable bonds is 8. The van der Waals surface area contributed by atoms with Crippen LogP contribution in [0.4, 0.5) is 0 Å². The summed E-state index contributed by atoms with van der Waals surface area (Å²) in [6.07, 6.45) is 6.44. The Morgan fingerprint density at radius 3 is 2.71 bits per heavy atom. The van der Waals surface area contributed by atoms with Gasteiger partial charge < -0.3 is 15.8 Å². The second kappa shape index (κ2) is 8.90. The summed E-state index contributed by atoms with van der Waals surface area (Å²) in [5.74, 6) is 1.42. The van der Waals surface area contributed by atoms with Crippen LogP contribution >= 0.6 is 0 Å². The molecule has 0 aromatic carbocycles. The smallest absolute Gasteiger partial charge is 0.0591 e. The van der Waals surface area contributed by atoms with Crippen LogP contribution in [0, 0.1) is 11.8 Å². The van der Waals surface area contributed by atoms with Crippen LogP contribution in [0.1, 0.15) is 46.0 Å². The zero-order chi connectivity index (χ0) is 12.5. The molecule has 0 aliphatic heterocycles. The maximum atomic E-state index is 5.81. The molecular weight excluding hydrogens is 212 g/mol. The van der Waals surface area contributed by atoms with Gasteiger partial charge in [-0.25, -0.2) is 0 Å². The number of ether oxygens (including phenoxy) is 1. The quantitative estimate of drug-likeness (QED) is 0.641. The van der Waals surface area contributed by atoms with Gasteiger partial charge in [-0.1, -0.05) is 26.7 Å². The molecule has 17 heavy (non-hydrogen) atoms. The Hall–Kier alpha value is -0.120. The van der Waals surface area contributed by atoms with E-state index in [9.17, 15) is 0 Å². The predicted octanol–water partition coefficient (Wildman–Crippen LogP) is 2.16. The van der Waals surface area contributed by atoms with Gasteiger partial charge >= 0.3 is 0 Å². The minimum Gasteiger partial charge on any atom is -0.380 e. The van der Waals surface area contributed by atoms with E-state index in [-0.39, 0.29) is 0 Å². The van der Waals surface area contributed by atoms with E-state index in [1.54, 1.807) is 0 Å². The van der Waals surface area contributed by atoms with Gasteiger partial charge in [0, 0.05) is 19.2 Å². The minimum atomic E-state index is 0.627. The topological polar surface area (TPSA) is 47.3 Å². The molecular formula is C14H30N2O. The molecule has 0 aromatic heterocycles.